The molecule has 1 aromatic heterocycles. The monoisotopic (exact) mass is 271 g/mol. The lowest BCUT2D eigenvalue weighted by atomic mass is 9.79. The van der Waals surface area contributed by atoms with Gasteiger partial charge in [0.15, 0.2) is 0 Å². The molecular weight excluding hydrogens is 250 g/mol. The Morgan fingerprint density at radius 1 is 1.32 bits per heavy atom. The van der Waals surface area contributed by atoms with E-state index >= 15 is 0 Å². The first-order chi connectivity index (χ1) is 9.25. The fraction of sp³-hybridized carbons (Fsp3) is 0.412. The van der Waals surface area contributed by atoms with Crippen LogP contribution in [0.2, 0.25) is 0 Å². The quantitative estimate of drug-likeness (QED) is 0.869. The number of hydrogen-bond donors (Lipinski definition) is 1. The molecule has 0 bridgehead atoms. The van der Waals surface area contributed by atoms with E-state index in [1.807, 2.05) is 0 Å². The van der Waals surface area contributed by atoms with Crippen molar-refractivity contribution in [3.8, 4) is 0 Å². The second kappa shape index (κ2) is 5.48. The minimum absolute atomic E-state index is 0.191. The fourth-order valence-electron chi connectivity index (χ4n) is 3.28. The van der Waals surface area contributed by atoms with Crippen molar-refractivity contribution in [3.63, 3.8) is 0 Å². The van der Waals surface area contributed by atoms with Crippen molar-refractivity contribution in [2.75, 3.05) is 0 Å². The van der Waals surface area contributed by atoms with Gasteiger partial charge in [-0.2, -0.15) is 0 Å². The first kappa shape index (κ1) is 12.9. The van der Waals surface area contributed by atoms with Crippen LogP contribution in [0.3, 0.4) is 0 Å². The lowest BCUT2D eigenvalue weighted by Gasteiger charge is -2.27. The van der Waals surface area contributed by atoms with Gasteiger partial charge in [-0.1, -0.05) is 24.3 Å². The van der Waals surface area contributed by atoms with Gasteiger partial charge >= 0.3 is 0 Å². The van der Waals surface area contributed by atoms with E-state index in [0.29, 0.717) is 5.92 Å². The highest BCUT2D eigenvalue weighted by molar-refractivity contribution is 7.10. The zero-order valence-electron chi connectivity index (χ0n) is 11.4. The van der Waals surface area contributed by atoms with Gasteiger partial charge in [-0.05, 0) is 66.7 Å². The molecule has 0 amide bonds. The summed E-state index contributed by atoms with van der Waals surface area (Å²) >= 11 is 1.80. The van der Waals surface area contributed by atoms with Gasteiger partial charge in [0.1, 0.15) is 0 Å². The summed E-state index contributed by atoms with van der Waals surface area (Å²) < 4.78 is 0. The maximum atomic E-state index is 6.44. The van der Waals surface area contributed by atoms with Gasteiger partial charge in [-0.25, -0.2) is 0 Å². The zero-order valence-corrected chi connectivity index (χ0v) is 12.2. The predicted octanol–water partition coefficient (Wildman–Crippen LogP) is 4.57. The summed E-state index contributed by atoms with van der Waals surface area (Å²) in [5.74, 6) is 0.640. The van der Waals surface area contributed by atoms with Gasteiger partial charge in [-0.15, -0.1) is 11.3 Å². The van der Waals surface area contributed by atoms with Crippen molar-refractivity contribution >= 4 is 11.3 Å². The zero-order chi connectivity index (χ0) is 13.2. The Kier molecular flexibility index (Phi) is 3.72. The summed E-state index contributed by atoms with van der Waals surface area (Å²) in [6.45, 7) is 2.17. The van der Waals surface area contributed by atoms with Crippen molar-refractivity contribution in [1.29, 1.82) is 0 Å². The van der Waals surface area contributed by atoms with Gasteiger partial charge in [0.25, 0.3) is 0 Å². The first-order valence-corrected chi connectivity index (χ1v) is 8.01. The SMILES string of the molecule is Cc1ccsc1C(N)CC1CCCc2ccccc21. The van der Waals surface area contributed by atoms with Crippen molar-refractivity contribution in [2.45, 2.75) is 44.6 Å². The average Bonchev–Trinajstić information content (AvgIpc) is 2.85. The third kappa shape index (κ3) is 2.60. The maximum absolute atomic E-state index is 6.44. The average molecular weight is 271 g/mol. The van der Waals surface area contributed by atoms with Gasteiger partial charge < -0.3 is 5.73 Å². The summed E-state index contributed by atoms with van der Waals surface area (Å²) in [6.07, 6.45) is 4.91. The lowest BCUT2D eigenvalue weighted by molar-refractivity contribution is 0.479. The number of thiophene rings is 1. The van der Waals surface area contributed by atoms with Crippen LogP contribution in [-0.2, 0) is 6.42 Å². The largest absolute Gasteiger partial charge is 0.323 e. The molecule has 1 aliphatic rings. The topological polar surface area (TPSA) is 26.0 Å². The van der Waals surface area contributed by atoms with Crippen LogP contribution in [0.15, 0.2) is 35.7 Å². The van der Waals surface area contributed by atoms with Crippen LogP contribution in [0.4, 0.5) is 0 Å². The molecule has 1 aliphatic carbocycles. The number of aryl methyl sites for hydroxylation is 2. The van der Waals surface area contributed by atoms with Crippen LogP contribution < -0.4 is 5.73 Å². The highest BCUT2D eigenvalue weighted by Gasteiger charge is 2.23. The van der Waals surface area contributed by atoms with E-state index in [9.17, 15) is 0 Å². The van der Waals surface area contributed by atoms with Crippen molar-refractivity contribution in [1.82, 2.24) is 0 Å². The highest BCUT2D eigenvalue weighted by Crippen LogP contribution is 2.38. The van der Waals surface area contributed by atoms with Gasteiger partial charge in [0, 0.05) is 10.9 Å². The predicted molar refractivity (Wildman–Crippen MR) is 82.7 cm³/mol. The molecular formula is C17H21NS. The third-order valence-electron chi connectivity index (χ3n) is 4.27. The smallest absolute Gasteiger partial charge is 0.0398 e. The normalized spacial score (nSPS) is 20.0. The minimum atomic E-state index is 0.191. The number of benzene rings is 1. The first-order valence-electron chi connectivity index (χ1n) is 7.13. The van der Waals surface area contributed by atoms with E-state index in [0.717, 1.165) is 6.42 Å². The molecule has 0 fully saturated rings. The Labute approximate surface area is 119 Å². The molecule has 1 nitrogen and oxygen atoms in total. The number of hydrogen-bond acceptors (Lipinski definition) is 2. The standard InChI is InChI=1S/C17H21NS/c1-12-9-10-19-17(12)16(18)11-14-7-4-6-13-5-2-3-8-15(13)14/h2-3,5,8-10,14,16H,4,6-7,11,18H2,1H3. The van der Waals surface area contributed by atoms with Crippen molar-refractivity contribution < 1.29 is 0 Å². The second-order valence-electron chi connectivity index (χ2n) is 5.60. The van der Waals surface area contributed by atoms with Crippen LogP contribution in [0, 0.1) is 6.92 Å². The van der Waals surface area contributed by atoms with E-state index in [-0.39, 0.29) is 6.04 Å². The number of fused-ring (bicyclic) bond motifs is 1. The van der Waals surface area contributed by atoms with E-state index in [1.165, 1.54) is 35.3 Å². The van der Waals surface area contributed by atoms with Gasteiger partial charge in [0.05, 0.1) is 0 Å². The van der Waals surface area contributed by atoms with Crippen molar-refractivity contribution in [2.24, 2.45) is 5.73 Å². The van der Waals surface area contributed by atoms with E-state index in [2.05, 4.69) is 42.6 Å². The molecule has 0 radical (unpaired) electrons. The lowest BCUT2D eigenvalue weighted by Crippen LogP contribution is -2.17. The molecule has 100 valence electrons. The van der Waals surface area contributed by atoms with E-state index in [1.54, 1.807) is 16.9 Å². The molecule has 0 saturated heterocycles. The maximum Gasteiger partial charge on any atom is 0.0398 e. The van der Waals surface area contributed by atoms with Crippen LogP contribution in [0.5, 0.6) is 0 Å². The molecule has 19 heavy (non-hydrogen) atoms. The third-order valence-corrected chi connectivity index (χ3v) is 5.42. The van der Waals surface area contributed by atoms with Gasteiger partial charge in [-0.3, -0.25) is 0 Å². The van der Waals surface area contributed by atoms with Crippen LogP contribution in [0.1, 0.15) is 52.8 Å². The molecule has 2 N–H and O–H groups in total. The summed E-state index contributed by atoms with van der Waals surface area (Å²) in [7, 11) is 0. The van der Waals surface area contributed by atoms with Crippen LogP contribution in [-0.4, -0.2) is 0 Å². The molecule has 2 aromatic rings. The minimum Gasteiger partial charge on any atom is -0.323 e. The molecule has 1 heterocycles. The number of rotatable bonds is 3. The Hall–Kier alpha value is -1.12. The molecule has 1 aromatic carbocycles. The van der Waals surface area contributed by atoms with Crippen LogP contribution in [0.25, 0.3) is 0 Å². The molecule has 0 aliphatic heterocycles. The molecule has 2 heteroatoms. The van der Waals surface area contributed by atoms with E-state index < -0.39 is 0 Å². The molecule has 2 atom stereocenters. The summed E-state index contributed by atoms with van der Waals surface area (Å²) in [5, 5.41) is 2.15. The van der Waals surface area contributed by atoms with Crippen molar-refractivity contribution in [3.05, 3.63) is 57.3 Å². The Morgan fingerprint density at radius 2 is 2.16 bits per heavy atom. The summed E-state index contributed by atoms with van der Waals surface area (Å²) in [5.41, 5.74) is 10.9. The molecule has 0 spiro atoms. The fourth-order valence-corrected chi connectivity index (χ4v) is 4.22. The Morgan fingerprint density at radius 3 is 2.95 bits per heavy atom. The Balaban J connectivity index is 1.80. The van der Waals surface area contributed by atoms with Gasteiger partial charge in [0.2, 0.25) is 0 Å². The molecule has 0 saturated carbocycles. The second-order valence-corrected chi connectivity index (χ2v) is 6.55. The summed E-state index contributed by atoms with van der Waals surface area (Å²) in [6, 6.07) is 11.3. The molecule has 2 unspecified atom stereocenters. The molecule has 3 rings (SSSR count). The summed E-state index contributed by atoms with van der Waals surface area (Å²) in [4.78, 5) is 1.36. The van der Waals surface area contributed by atoms with Crippen LogP contribution >= 0.6 is 11.3 Å². The van der Waals surface area contributed by atoms with E-state index in [4.69, 9.17) is 5.73 Å². The Bertz CT molecular complexity index is 558. The highest BCUT2D eigenvalue weighted by atomic mass is 32.1. The number of nitrogens with two attached hydrogens (primary N) is 1.